The van der Waals surface area contributed by atoms with Gasteiger partial charge in [-0.3, -0.25) is 4.79 Å². The highest BCUT2D eigenvalue weighted by molar-refractivity contribution is 5.87. The second-order valence-electron chi connectivity index (χ2n) is 3.47. The first-order valence-corrected chi connectivity index (χ1v) is 4.86. The fourth-order valence-corrected chi connectivity index (χ4v) is 1.71. The van der Waals surface area contributed by atoms with Gasteiger partial charge in [0.1, 0.15) is 0 Å². The largest absolute Gasteiger partial charge is 0.338 e. The van der Waals surface area contributed by atoms with Crippen LogP contribution in [-0.2, 0) is 4.79 Å². The lowest BCUT2D eigenvalue weighted by molar-refractivity contribution is -0.126. The van der Waals surface area contributed by atoms with Gasteiger partial charge in [0, 0.05) is 19.1 Å². The van der Waals surface area contributed by atoms with E-state index in [-0.39, 0.29) is 5.91 Å². The van der Waals surface area contributed by atoms with E-state index >= 15 is 0 Å². The molecule has 1 aliphatic heterocycles. The Labute approximate surface area is 79.8 Å². The van der Waals surface area contributed by atoms with Gasteiger partial charge in [-0.25, -0.2) is 0 Å². The summed E-state index contributed by atoms with van der Waals surface area (Å²) in [6.07, 6.45) is 4.87. The molecule has 0 aromatic carbocycles. The SMILES string of the molecule is C=CC(=O)N1CCCCC(NC)C1. The van der Waals surface area contributed by atoms with Gasteiger partial charge in [0.15, 0.2) is 0 Å². The van der Waals surface area contributed by atoms with Crippen LogP contribution < -0.4 is 5.32 Å². The number of hydrogen-bond donors (Lipinski definition) is 1. The van der Waals surface area contributed by atoms with Gasteiger partial charge < -0.3 is 10.2 Å². The fraction of sp³-hybridized carbons (Fsp3) is 0.700. The van der Waals surface area contributed by atoms with Crippen LogP contribution in [0.25, 0.3) is 0 Å². The summed E-state index contributed by atoms with van der Waals surface area (Å²) >= 11 is 0. The van der Waals surface area contributed by atoms with Crippen molar-refractivity contribution < 1.29 is 4.79 Å². The van der Waals surface area contributed by atoms with Gasteiger partial charge in [-0.15, -0.1) is 0 Å². The Kier molecular flexibility index (Phi) is 3.96. The third-order valence-electron chi connectivity index (χ3n) is 2.57. The number of rotatable bonds is 2. The van der Waals surface area contributed by atoms with E-state index in [0.717, 1.165) is 25.9 Å². The van der Waals surface area contributed by atoms with Crippen molar-refractivity contribution in [3.63, 3.8) is 0 Å². The van der Waals surface area contributed by atoms with Crippen molar-refractivity contribution in [2.45, 2.75) is 25.3 Å². The van der Waals surface area contributed by atoms with E-state index in [2.05, 4.69) is 11.9 Å². The molecular weight excluding hydrogens is 164 g/mol. The van der Waals surface area contributed by atoms with E-state index in [1.54, 1.807) is 0 Å². The topological polar surface area (TPSA) is 32.3 Å². The summed E-state index contributed by atoms with van der Waals surface area (Å²) in [5.74, 6) is 0.0575. The summed E-state index contributed by atoms with van der Waals surface area (Å²) in [5, 5.41) is 3.22. The van der Waals surface area contributed by atoms with Crippen molar-refractivity contribution in [1.82, 2.24) is 10.2 Å². The summed E-state index contributed by atoms with van der Waals surface area (Å²) in [4.78, 5) is 13.2. The Morgan fingerprint density at radius 3 is 3.00 bits per heavy atom. The van der Waals surface area contributed by atoms with Crippen molar-refractivity contribution in [1.29, 1.82) is 0 Å². The highest BCUT2D eigenvalue weighted by Gasteiger charge is 2.18. The molecule has 1 unspecified atom stereocenters. The molecule has 1 aliphatic rings. The second kappa shape index (κ2) is 5.02. The van der Waals surface area contributed by atoms with Crippen molar-refractivity contribution in [2.24, 2.45) is 0 Å². The van der Waals surface area contributed by atoms with E-state index in [4.69, 9.17) is 0 Å². The normalized spacial score (nSPS) is 23.8. The Balaban J connectivity index is 2.53. The van der Waals surface area contributed by atoms with Crippen molar-refractivity contribution in [3.8, 4) is 0 Å². The van der Waals surface area contributed by atoms with Crippen LogP contribution in [0.5, 0.6) is 0 Å². The fourth-order valence-electron chi connectivity index (χ4n) is 1.71. The Morgan fingerprint density at radius 1 is 1.62 bits per heavy atom. The van der Waals surface area contributed by atoms with Gasteiger partial charge in [-0.2, -0.15) is 0 Å². The maximum atomic E-state index is 11.4. The molecule has 0 spiro atoms. The number of amides is 1. The zero-order valence-corrected chi connectivity index (χ0v) is 8.25. The molecule has 1 saturated heterocycles. The van der Waals surface area contributed by atoms with Crippen LogP contribution in [0.2, 0.25) is 0 Å². The molecule has 1 heterocycles. The zero-order chi connectivity index (χ0) is 9.68. The van der Waals surface area contributed by atoms with Crippen LogP contribution in [0.3, 0.4) is 0 Å². The summed E-state index contributed by atoms with van der Waals surface area (Å²) in [5.41, 5.74) is 0. The molecule has 0 radical (unpaired) electrons. The second-order valence-corrected chi connectivity index (χ2v) is 3.47. The lowest BCUT2D eigenvalue weighted by Gasteiger charge is -2.22. The minimum Gasteiger partial charge on any atom is -0.338 e. The number of carbonyl (C=O) groups excluding carboxylic acids is 1. The van der Waals surface area contributed by atoms with Gasteiger partial charge in [-0.05, 0) is 26.0 Å². The molecule has 1 N–H and O–H groups in total. The van der Waals surface area contributed by atoms with Crippen LogP contribution in [0.1, 0.15) is 19.3 Å². The molecule has 0 saturated carbocycles. The number of nitrogens with zero attached hydrogens (tertiary/aromatic N) is 1. The summed E-state index contributed by atoms with van der Waals surface area (Å²) < 4.78 is 0. The molecule has 13 heavy (non-hydrogen) atoms. The summed E-state index contributed by atoms with van der Waals surface area (Å²) in [7, 11) is 1.95. The molecular formula is C10H18N2O. The lowest BCUT2D eigenvalue weighted by Crippen LogP contribution is -2.40. The Morgan fingerprint density at radius 2 is 2.38 bits per heavy atom. The number of hydrogen-bond acceptors (Lipinski definition) is 2. The quantitative estimate of drug-likeness (QED) is 0.640. The van der Waals surface area contributed by atoms with Crippen LogP contribution in [0.4, 0.5) is 0 Å². The number of nitrogens with one attached hydrogen (secondary N) is 1. The van der Waals surface area contributed by atoms with Gasteiger partial charge >= 0.3 is 0 Å². The molecule has 1 amide bonds. The first-order valence-electron chi connectivity index (χ1n) is 4.86. The monoisotopic (exact) mass is 182 g/mol. The molecule has 0 bridgehead atoms. The maximum Gasteiger partial charge on any atom is 0.246 e. The maximum absolute atomic E-state index is 11.4. The predicted molar refractivity (Wildman–Crippen MR) is 53.5 cm³/mol. The highest BCUT2D eigenvalue weighted by atomic mass is 16.2. The number of likely N-dealkylation sites (N-methyl/N-ethyl adjacent to an activating group) is 1. The van der Waals surface area contributed by atoms with Gasteiger partial charge in [0.2, 0.25) is 5.91 Å². The third-order valence-corrected chi connectivity index (χ3v) is 2.57. The van der Waals surface area contributed by atoms with E-state index in [0.29, 0.717) is 6.04 Å². The minimum absolute atomic E-state index is 0.0575. The van der Waals surface area contributed by atoms with Crippen molar-refractivity contribution in [2.75, 3.05) is 20.1 Å². The molecule has 1 fully saturated rings. The lowest BCUT2D eigenvalue weighted by atomic mass is 10.1. The molecule has 3 nitrogen and oxygen atoms in total. The highest BCUT2D eigenvalue weighted by Crippen LogP contribution is 2.10. The predicted octanol–water partition coefficient (Wildman–Crippen LogP) is 0.773. The third kappa shape index (κ3) is 2.84. The zero-order valence-electron chi connectivity index (χ0n) is 8.25. The van der Waals surface area contributed by atoms with Crippen LogP contribution in [-0.4, -0.2) is 37.0 Å². The first kappa shape index (κ1) is 10.3. The number of carbonyl (C=O) groups is 1. The number of likely N-dealkylation sites (tertiary alicyclic amines) is 1. The van der Waals surface area contributed by atoms with Gasteiger partial charge in [0.05, 0.1) is 0 Å². The molecule has 3 heteroatoms. The van der Waals surface area contributed by atoms with Crippen molar-refractivity contribution in [3.05, 3.63) is 12.7 Å². The van der Waals surface area contributed by atoms with E-state index in [1.807, 2.05) is 11.9 Å². The van der Waals surface area contributed by atoms with Crippen LogP contribution in [0, 0.1) is 0 Å². The summed E-state index contributed by atoms with van der Waals surface area (Å²) in [6, 6.07) is 0.450. The molecule has 1 rings (SSSR count). The van der Waals surface area contributed by atoms with E-state index < -0.39 is 0 Å². The average molecular weight is 182 g/mol. The van der Waals surface area contributed by atoms with E-state index in [9.17, 15) is 4.79 Å². The summed E-state index contributed by atoms with van der Waals surface area (Å²) in [6.45, 7) is 5.20. The molecule has 0 aromatic heterocycles. The van der Waals surface area contributed by atoms with Gasteiger partial charge in [0.25, 0.3) is 0 Å². The molecule has 0 aromatic rings. The molecule has 74 valence electrons. The van der Waals surface area contributed by atoms with Gasteiger partial charge in [-0.1, -0.05) is 13.0 Å². The minimum atomic E-state index is 0.0575. The van der Waals surface area contributed by atoms with Crippen LogP contribution in [0.15, 0.2) is 12.7 Å². The average Bonchev–Trinajstić information content (AvgIpc) is 2.41. The van der Waals surface area contributed by atoms with E-state index in [1.165, 1.54) is 12.5 Å². The smallest absolute Gasteiger partial charge is 0.246 e. The first-order chi connectivity index (χ1) is 6.27. The van der Waals surface area contributed by atoms with Crippen molar-refractivity contribution >= 4 is 5.91 Å². The van der Waals surface area contributed by atoms with Crippen LogP contribution >= 0.6 is 0 Å². The molecule has 1 atom stereocenters. The Hall–Kier alpha value is -0.830. The standard InChI is InChI=1S/C10H18N2O/c1-3-10(13)12-7-5-4-6-9(8-12)11-2/h3,9,11H,1,4-8H2,2H3. The Bertz CT molecular complexity index is 191. The molecule has 0 aliphatic carbocycles.